The number of carbonyl (C=O) groups excluding carboxylic acids is 1. The van der Waals surface area contributed by atoms with E-state index >= 15 is 0 Å². The molecular weight excluding hydrogens is 417 g/mol. The number of nitrogens with one attached hydrogen (secondary N) is 1. The third-order valence-electron chi connectivity index (χ3n) is 5.14. The molecular formula is C24H21Cl2N3O. The highest BCUT2D eigenvalue weighted by Gasteiger charge is 2.15. The molecule has 4 rings (SSSR count). The third-order valence-corrected chi connectivity index (χ3v) is 5.87. The van der Waals surface area contributed by atoms with Gasteiger partial charge in [0.25, 0.3) is 5.91 Å². The molecule has 30 heavy (non-hydrogen) atoms. The lowest BCUT2D eigenvalue weighted by atomic mass is 10.0. The molecule has 0 saturated heterocycles. The van der Waals surface area contributed by atoms with Crippen molar-refractivity contribution in [1.82, 2.24) is 14.9 Å². The average molecular weight is 438 g/mol. The fourth-order valence-electron chi connectivity index (χ4n) is 3.51. The predicted molar refractivity (Wildman–Crippen MR) is 122 cm³/mol. The molecule has 1 N–H and O–H groups in total. The molecule has 0 aliphatic rings. The molecule has 4 nitrogen and oxygen atoms in total. The Morgan fingerprint density at radius 1 is 1.03 bits per heavy atom. The van der Waals surface area contributed by atoms with Crippen molar-refractivity contribution in [2.24, 2.45) is 0 Å². The summed E-state index contributed by atoms with van der Waals surface area (Å²) in [5.74, 6) is -0.105. The minimum atomic E-state index is -0.105. The monoisotopic (exact) mass is 437 g/mol. The summed E-state index contributed by atoms with van der Waals surface area (Å²) in [5.41, 5.74) is 4.44. The zero-order valence-electron chi connectivity index (χ0n) is 16.5. The molecule has 1 amide bonds. The van der Waals surface area contributed by atoms with Crippen LogP contribution in [0.1, 0.15) is 40.9 Å². The van der Waals surface area contributed by atoms with Crippen LogP contribution in [-0.4, -0.2) is 15.5 Å². The summed E-state index contributed by atoms with van der Waals surface area (Å²) in [7, 11) is 0. The van der Waals surface area contributed by atoms with Crippen LogP contribution in [0.4, 0.5) is 0 Å². The molecule has 6 heteroatoms. The van der Waals surface area contributed by atoms with Crippen LogP contribution in [-0.2, 0) is 6.54 Å². The molecule has 4 aromatic rings. The van der Waals surface area contributed by atoms with Crippen molar-refractivity contribution < 1.29 is 4.79 Å². The van der Waals surface area contributed by atoms with Crippen molar-refractivity contribution in [3.8, 4) is 0 Å². The van der Waals surface area contributed by atoms with Gasteiger partial charge < -0.3 is 9.88 Å². The second kappa shape index (κ2) is 8.90. The number of nitrogens with zero attached hydrogens (tertiary/aromatic N) is 2. The number of aromatic nitrogens is 2. The Bertz CT molecular complexity index is 1190. The number of hydrogen-bond donors (Lipinski definition) is 1. The van der Waals surface area contributed by atoms with Crippen LogP contribution in [0, 0.1) is 0 Å². The van der Waals surface area contributed by atoms with E-state index in [9.17, 15) is 4.79 Å². The lowest BCUT2D eigenvalue weighted by Crippen LogP contribution is -2.28. The molecule has 1 unspecified atom stereocenters. The Morgan fingerprint density at radius 3 is 2.57 bits per heavy atom. The Kier molecular flexibility index (Phi) is 6.07. The first-order chi connectivity index (χ1) is 14.5. The van der Waals surface area contributed by atoms with Gasteiger partial charge in [0.2, 0.25) is 0 Å². The normalized spacial score (nSPS) is 12.1. The van der Waals surface area contributed by atoms with Crippen molar-refractivity contribution in [3.63, 3.8) is 0 Å². The van der Waals surface area contributed by atoms with E-state index in [-0.39, 0.29) is 11.9 Å². The van der Waals surface area contributed by atoms with Crippen molar-refractivity contribution in [2.45, 2.75) is 25.9 Å². The van der Waals surface area contributed by atoms with Gasteiger partial charge in [0.1, 0.15) is 0 Å². The van der Waals surface area contributed by atoms with Crippen molar-refractivity contribution in [3.05, 3.63) is 99.8 Å². The zero-order chi connectivity index (χ0) is 21.1. The number of amides is 1. The van der Waals surface area contributed by atoms with Gasteiger partial charge in [-0.1, -0.05) is 66.5 Å². The van der Waals surface area contributed by atoms with E-state index < -0.39 is 0 Å². The highest BCUT2D eigenvalue weighted by molar-refractivity contribution is 6.42. The smallest absolute Gasteiger partial charge is 0.251 e. The van der Waals surface area contributed by atoms with Crippen LogP contribution in [0.15, 0.2) is 73.1 Å². The van der Waals surface area contributed by atoms with Crippen LogP contribution in [0.3, 0.4) is 0 Å². The lowest BCUT2D eigenvalue weighted by Gasteiger charge is -2.17. The standard InChI is InChI=1S/C24H21Cl2N3O/c1-2-21(17-6-4-3-5-7-17)28-24(30)18-9-11-23-22(13-18)27-15-29(23)14-16-8-10-19(25)20(26)12-16/h3-13,15,21H,2,14H2,1H3,(H,28,30). The quantitative estimate of drug-likeness (QED) is 0.386. The highest BCUT2D eigenvalue weighted by Crippen LogP contribution is 2.24. The van der Waals surface area contributed by atoms with E-state index in [1.807, 2.05) is 65.2 Å². The first-order valence-corrected chi connectivity index (χ1v) is 10.6. The molecule has 1 atom stereocenters. The lowest BCUT2D eigenvalue weighted by molar-refractivity contribution is 0.0935. The van der Waals surface area contributed by atoms with Gasteiger partial charge in [-0.25, -0.2) is 4.98 Å². The van der Waals surface area contributed by atoms with Gasteiger partial charge in [-0.3, -0.25) is 4.79 Å². The Hall–Kier alpha value is -2.82. The molecule has 1 aromatic heterocycles. The fraction of sp³-hybridized carbons (Fsp3) is 0.167. The molecule has 0 aliphatic heterocycles. The number of benzene rings is 3. The molecule has 152 valence electrons. The zero-order valence-corrected chi connectivity index (χ0v) is 18.0. The van der Waals surface area contributed by atoms with E-state index in [0.29, 0.717) is 22.2 Å². The molecule has 0 spiro atoms. The fourth-order valence-corrected chi connectivity index (χ4v) is 3.83. The van der Waals surface area contributed by atoms with Crippen LogP contribution >= 0.6 is 23.2 Å². The minimum Gasteiger partial charge on any atom is -0.345 e. The van der Waals surface area contributed by atoms with E-state index in [4.69, 9.17) is 23.2 Å². The molecule has 0 radical (unpaired) electrons. The maximum absolute atomic E-state index is 12.8. The maximum Gasteiger partial charge on any atom is 0.251 e. The van der Waals surface area contributed by atoms with Crippen LogP contribution < -0.4 is 5.32 Å². The second-order valence-electron chi connectivity index (χ2n) is 7.17. The van der Waals surface area contributed by atoms with Crippen LogP contribution in [0.5, 0.6) is 0 Å². The minimum absolute atomic E-state index is 0.0263. The van der Waals surface area contributed by atoms with Gasteiger partial charge in [-0.05, 0) is 47.9 Å². The van der Waals surface area contributed by atoms with Gasteiger partial charge in [0.05, 0.1) is 33.4 Å². The number of fused-ring (bicyclic) bond motifs is 1. The third kappa shape index (κ3) is 4.35. The van der Waals surface area contributed by atoms with E-state index in [1.54, 1.807) is 12.4 Å². The number of imidazole rings is 1. The first kappa shape index (κ1) is 20.5. The molecule has 3 aromatic carbocycles. The molecule has 0 fully saturated rings. The molecule has 1 heterocycles. The number of carbonyl (C=O) groups is 1. The topological polar surface area (TPSA) is 46.9 Å². The Morgan fingerprint density at radius 2 is 1.83 bits per heavy atom. The summed E-state index contributed by atoms with van der Waals surface area (Å²) in [5, 5.41) is 4.19. The maximum atomic E-state index is 12.8. The highest BCUT2D eigenvalue weighted by atomic mass is 35.5. The van der Waals surface area contributed by atoms with E-state index in [1.165, 1.54) is 0 Å². The van der Waals surface area contributed by atoms with Gasteiger partial charge in [0.15, 0.2) is 0 Å². The largest absolute Gasteiger partial charge is 0.345 e. The van der Waals surface area contributed by atoms with Gasteiger partial charge in [0, 0.05) is 12.1 Å². The summed E-state index contributed by atoms with van der Waals surface area (Å²) in [6.07, 6.45) is 2.59. The Labute approximate surface area is 185 Å². The second-order valence-corrected chi connectivity index (χ2v) is 7.98. The predicted octanol–water partition coefficient (Wildman–Crippen LogP) is 6.27. The van der Waals surface area contributed by atoms with Crippen LogP contribution in [0.25, 0.3) is 11.0 Å². The number of halogens is 2. The van der Waals surface area contributed by atoms with Crippen molar-refractivity contribution >= 4 is 40.1 Å². The summed E-state index contributed by atoms with van der Waals surface area (Å²) in [6, 6.07) is 21.1. The first-order valence-electron chi connectivity index (χ1n) is 9.79. The SMILES string of the molecule is CCC(NC(=O)c1ccc2c(c1)ncn2Cc1ccc(Cl)c(Cl)c1)c1ccccc1. The summed E-state index contributed by atoms with van der Waals surface area (Å²) in [6.45, 7) is 2.68. The van der Waals surface area contributed by atoms with Crippen molar-refractivity contribution in [1.29, 1.82) is 0 Å². The number of rotatable bonds is 6. The summed E-state index contributed by atoms with van der Waals surface area (Å²) < 4.78 is 2.02. The van der Waals surface area contributed by atoms with Crippen LogP contribution in [0.2, 0.25) is 10.0 Å². The summed E-state index contributed by atoms with van der Waals surface area (Å²) >= 11 is 12.1. The van der Waals surface area contributed by atoms with E-state index in [0.717, 1.165) is 28.6 Å². The summed E-state index contributed by atoms with van der Waals surface area (Å²) in [4.78, 5) is 17.3. The number of hydrogen-bond acceptors (Lipinski definition) is 2. The Balaban J connectivity index is 1.54. The average Bonchev–Trinajstić information content (AvgIpc) is 3.17. The molecule has 0 bridgehead atoms. The van der Waals surface area contributed by atoms with Gasteiger partial charge in [-0.2, -0.15) is 0 Å². The van der Waals surface area contributed by atoms with Crippen molar-refractivity contribution in [2.75, 3.05) is 0 Å². The molecule has 0 aliphatic carbocycles. The van der Waals surface area contributed by atoms with Gasteiger partial charge in [-0.15, -0.1) is 0 Å². The van der Waals surface area contributed by atoms with Gasteiger partial charge >= 0.3 is 0 Å². The van der Waals surface area contributed by atoms with E-state index in [2.05, 4.69) is 17.2 Å². The molecule has 0 saturated carbocycles.